The zero-order chi connectivity index (χ0) is 4.99. The van der Waals surface area contributed by atoms with E-state index in [9.17, 15) is 4.79 Å². The second-order valence-electron chi connectivity index (χ2n) is 0.509. The van der Waals surface area contributed by atoms with Crippen molar-refractivity contribution in [2.45, 2.75) is 0 Å². The fourth-order valence-corrected chi connectivity index (χ4v) is 0.149. The van der Waals surface area contributed by atoms with E-state index in [0.29, 0.717) is 0 Å². The third kappa shape index (κ3) is 2.03. The maximum absolute atomic E-state index is 9.71. The monoisotopic (exact) mass is 196 g/mol. The van der Waals surface area contributed by atoms with Crippen molar-refractivity contribution in [1.29, 1.82) is 0 Å². The Morgan fingerprint density at radius 3 is 2.50 bits per heavy atom. The number of terminal acetylenes is 1. The van der Waals surface area contributed by atoms with E-state index >= 15 is 0 Å². The number of halogens is 1. The van der Waals surface area contributed by atoms with Gasteiger partial charge in [-0.3, -0.25) is 0 Å². The molecule has 0 saturated heterocycles. The molecule has 0 atom stereocenters. The fourth-order valence-electron chi connectivity index (χ4n) is 0.0223. The molecule has 0 amide bonds. The van der Waals surface area contributed by atoms with Crippen LogP contribution in [0.2, 0.25) is 0 Å². The highest BCUT2D eigenvalue weighted by Crippen LogP contribution is 1.82. The lowest BCUT2D eigenvalue weighted by atomic mass is 10.7. The summed E-state index contributed by atoms with van der Waals surface area (Å²) in [5.41, 5.74) is 0. The van der Waals surface area contributed by atoms with E-state index in [2.05, 4.69) is 9.49 Å². The third-order valence-electron chi connectivity index (χ3n) is 0.188. The molecular weight excluding hydrogens is 195 g/mol. The summed E-state index contributed by atoms with van der Waals surface area (Å²) in [6, 6.07) is 0. The van der Waals surface area contributed by atoms with Crippen molar-refractivity contribution in [3.8, 4) is 12.3 Å². The van der Waals surface area contributed by atoms with Crippen molar-refractivity contribution in [1.82, 2.24) is 0 Å². The van der Waals surface area contributed by atoms with Gasteiger partial charge in [-0.2, -0.15) is 0 Å². The first-order valence-corrected chi connectivity index (χ1v) is 1.98. The second-order valence-corrected chi connectivity index (χ2v) is 0.949. The molecule has 0 aliphatic carbocycles. The lowest BCUT2D eigenvalue weighted by Crippen LogP contribution is -1.86. The van der Waals surface area contributed by atoms with Crippen LogP contribution in [0.25, 0.3) is 0 Å². The molecule has 0 aromatic rings. The molecule has 3 heteroatoms. The molecule has 2 nitrogen and oxygen atoms in total. The van der Waals surface area contributed by atoms with Crippen LogP contribution in [0.15, 0.2) is 0 Å². The normalized spacial score (nSPS) is 6.00. The van der Waals surface area contributed by atoms with Gasteiger partial charge in [0.05, 0.1) is 0 Å². The van der Waals surface area contributed by atoms with Gasteiger partial charge < -0.3 is 3.07 Å². The highest BCUT2D eigenvalue weighted by Gasteiger charge is 1.85. The van der Waals surface area contributed by atoms with Crippen LogP contribution in [0.1, 0.15) is 0 Å². The molecule has 0 aliphatic heterocycles. The van der Waals surface area contributed by atoms with E-state index in [1.54, 1.807) is 5.92 Å². The van der Waals surface area contributed by atoms with Crippen molar-refractivity contribution < 1.29 is 7.86 Å². The topological polar surface area (TPSA) is 26.3 Å². The summed E-state index contributed by atoms with van der Waals surface area (Å²) in [6.07, 6.45) is 4.55. The van der Waals surface area contributed by atoms with Gasteiger partial charge in [0.2, 0.25) is 0 Å². The van der Waals surface area contributed by atoms with Crippen molar-refractivity contribution in [2.75, 3.05) is 0 Å². The fraction of sp³-hybridized carbons (Fsp3) is 0. The molecule has 0 aromatic heterocycles. The van der Waals surface area contributed by atoms with Gasteiger partial charge in [0.1, 0.15) is 0 Å². The number of carbonyl (C=O) groups excluding carboxylic acids is 1. The SMILES string of the molecule is C#CC(=O)OI. The largest absolute Gasteiger partial charge is 0.393 e. The molecule has 0 spiro atoms. The van der Waals surface area contributed by atoms with Gasteiger partial charge in [-0.1, -0.05) is 0 Å². The van der Waals surface area contributed by atoms with Crippen LogP contribution >= 0.6 is 23.0 Å². The first-order chi connectivity index (χ1) is 2.81. The molecule has 0 saturated carbocycles. The Balaban J connectivity index is 3.33. The maximum atomic E-state index is 9.71. The zero-order valence-corrected chi connectivity index (χ0v) is 4.93. The van der Waals surface area contributed by atoms with Crippen molar-refractivity contribution in [3.63, 3.8) is 0 Å². The second kappa shape index (κ2) is 2.97. The van der Waals surface area contributed by atoms with E-state index in [1.165, 1.54) is 23.0 Å². The molecule has 0 bridgehead atoms. The van der Waals surface area contributed by atoms with Crippen LogP contribution in [0.5, 0.6) is 0 Å². The van der Waals surface area contributed by atoms with Gasteiger partial charge >= 0.3 is 5.97 Å². The van der Waals surface area contributed by atoms with Crippen LogP contribution in [-0.4, -0.2) is 5.97 Å². The minimum absolute atomic E-state index is 0.643. The van der Waals surface area contributed by atoms with Crippen LogP contribution in [0.4, 0.5) is 0 Å². The summed E-state index contributed by atoms with van der Waals surface area (Å²) in [5, 5.41) is 0. The summed E-state index contributed by atoms with van der Waals surface area (Å²) < 4.78 is 3.99. The zero-order valence-electron chi connectivity index (χ0n) is 2.77. The Hall–Kier alpha value is -0.240. The molecule has 0 aromatic carbocycles. The lowest BCUT2D eigenvalue weighted by molar-refractivity contribution is -0.125. The van der Waals surface area contributed by atoms with Crippen LogP contribution in [-0.2, 0) is 7.86 Å². The summed E-state index contributed by atoms with van der Waals surface area (Å²) in [5.74, 6) is 1.10. The Kier molecular flexibility index (Phi) is 2.85. The van der Waals surface area contributed by atoms with Crippen LogP contribution in [0.3, 0.4) is 0 Å². The van der Waals surface area contributed by atoms with Gasteiger partial charge in [-0.05, 0) is 0 Å². The molecule has 0 radical (unpaired) electrons. The lowest BCUT2D eigenvalue weighted by Gasteiger charge is -1.75. The number of carbonyl (C=O) groups is 1. The molecular formula is C3HIO2. The molecule has 0 unspecified atom stereocenters. The van der Waals surface area contributed by atoms with Crippen LogP contribution in [0, 0.1) is 12.3 Å². The molecule has 0 fully saturated rings. The van der Waals surface area contributed by atoms with E-state index < -0.39 is 5.97 Å². The quantitative estimate of drug-likeness (QED) is 0.416. The average molecular weight is 196 g/mol. The van der Waals surface area contributed by atoms with Crippen molar-refractivity contribution in [2.24, 2.45) is 0 Å². The molecule has 32 valence electrons. The summed E-state index contributed by atoms with van der Waals surface area (Å²) in [6.45, 7) is 0. The molecule has 0 N–H and O–H groups in total. The van der Waals surface area contributed by atoms with Crippen molar-refractivity contribution in [3.05, 3.63) is 0 Å². The van der Waals surface area contributed by atoms with Gasteiger partial charge in [0.15, 0.2) is 23.0 Å². The summed E-state index contributed by atoms with van der Waals surface area (Å²) in [7, 11) is 0. The highest BCUT2D eigenvalue weighted by atomic mass is 127. The van der Waals surface area contributed by atoms with Gasteiger partial charge in [0, 0.05) is 5.92 Å². The third-order valence-corrected chi connectivity index (χ3v) is 0.588. The van der Waals surface area contributed by atoms with Gasteiger partial charge in [-0.25, -0.2) is 4.79 Å². The first-order valence-electron chi connectivity index (χ1n) is 1.10. The minimum Gasteiger partial charge on any atom is -0.385 e. The number of rotatable bonds is 0. The maximum Gasteiger partial charge on any atom is 0.393 e. The van der Waals surface area contributed by atoms with Gasteiger partial charge in [-0.15, -0.1) is 6.42 Å². The summed E-state index contributed by atoms with van der Waals surface area (Å²) >= 11 is 1.42. The molecule has 0 aliphatic rings. The van der Waals surface area contributed by atoms with Crippen LogP contribution < -0.4 is 0 Å². The standard InChI is InChI=1S/C3HIO2/c1-2-3(5)6-4/h1H. The van der Waals surface area contributed by atoms with E-state index in [4.69, 9.17) is 0 Å². The minimum atomic E-state index is -0.643. The predicted molar refractivity (Wildman–Crippen MR) is 28.9 cm³/mol. The van der Waals surface area contributed by atoms with E-state index in [0.717, 1.165) is 0 Å². The molecule has 6 heavy (non-hydrogen) atoms. The predicted octanol–water partition coefficient (Wildman–Crippen LogP) is 0.513. The van der Waals surface area contributed by atoms with Gasteiger partial charge in [0.25, 0.3) is 0 Å². The average Bonchev–Trinajstić information content (AvgIpc) is 1.65. The Morgan fingerprint density at radius 2 is 2.50 bits per heavy atom. The molecule has 0 heterocycles. The first kappa shape index (κ1) is 5.76. The Morgan fingerprint density at radius 1 is 2.00 bits per heavy atom. The Labute approximate surface area is 49.6 Å². The van der Waals surface area contributed by atoms with E-state index in [1.807, 2.05) is 0 Å². The molecule has 0 rings (SSSR count). The van der Waals surface area contributed by atoms with E-state index in [-0.39, 0.29) is 0 Å². The van der Waals surface area contributed by atoms with Crippen molar-refractivity contribution >= 4 is 29.0 Å². The number of hydrogen-bond acceptors (Lipinski definition) is 2. The number of hydrogen-bond donors (Lipinski definition) is 0. The summed E-state index contributed by atoms with van der Waals surface area (Å²) in [4.78, 5) is 9.71. The highest BCUT2D eigenvalue weighted by molar-refractivity contribution is 14.1. The smallest absolute Gasteiger partial charge is 0.385 e. The Bertz CT molecular complexity index is 91.5.